The summed E-state index contributed by atoms with van der Waals surface area (Å²) in [6, 6.07) is 22.1. The minimum atomic E-state index is 0.900. The highest BCUT2D eigenvalue weighted by molar-refractivity contribution is 8.76. The highest BCUT2D eigenvalue weighted by Gasteiger charge is 2.23. The fourth-order valence-corrected chi connectivity index (χ4v) is 6.11. The minimum Gasteiger partial charge on any atom is -0.200 e. The van der Waals surface area contributed by atoms with Gasteiger partial charge in [0.25, 0.3) is 0 Å². The highest BCUT2D eigenvalue weighted by Crippen LogP contribution is 2.49. The maximum Gasteiger partial charge on any atom is 0.184 e. The lowest BCUT2D eigenvalue weighted by atomic mass is 10.1. The van der Waals surface area contributed by atoms with Crippen LogP contribution in [-0.4, -0.2) is 0 Å². The van der Waals surface area contributed by atoms with E-state index in [0.29, 0.717) is 0 Å². The summed E-state index contributed by atoms with van der Waals surface area (Å²) < 4.78 is 4.56. The van der Waals surface area contributed by atoms with Crippen molar-refractivity contribution in [1.29, 1.82) is 0 Å². The predicted molar refractivity (Wildman–Crippen MR) is 125 cm³/mol. The van der Waals surface area contributed by atoms with Crippen LogP contribution >= 0.6 is 21.6 Å². The van der Waals surface area contributed by atoms with Crippen molar-refractivity contribution in [3.05, 3.63) is 108 Å². The van der Waals surface area contributed by atoms with E-state index in [4.69, 9.17) is 0 Å². The van der Waals surface area contributed by atoms with E-state index >= 15 is 0 Å². The molecule has 0 saturated heterocycles. The number of nitrogens with zero attached hydrogens (tertiary/aromatic N) is 2. The molecule has 5 rings (SSSR count). The van der Waals surface area contributed by atoms with Crippen LogP contribution in [-0.2, 0) is 13.1 Å². The molecule has 0 amide bonds. The molecular weight excluding hydrogens is 404 g/mol. The second-order valence-corrected chi connectivity index (χ2v) is 10.1. The smallest absolute Gasteiger partial charge is 0.184 e. The third kappa shape index (κ3) is 4.16. The third-order valence-corrected chi connectivity index (χ3v) is 7.87. The van der Waals surface area contributed by atoms with Gasteiger partial charge in [-0.05, 0) is 35.4 Å². The van der Waals surface area contributed by atoms with Gasteiger partial charge in [-0.2, -0.15) is 9.13 Å². The zero-order valence-electron chi connectivity index (χ0n) is 17.2. The van der Waals surface area contributed by atoms with Crippen molar-refractivity contribution in [3.63, 3.8) is 0 Å². The molecule has 2 aromatic carbocycles. The molecule has 0 bridgehead atoms. The Morgan fingerprint density at radius 3 is 1.37 bits per heavy atom. The molecule has 0 saturated carbocycles. The molecule has 4 heteroatoms. The number of pyridine rings is 2. The Bertz CT molecular complexity index is 1100. The van der Waals surface area contributed by atoms with Gasteiger partial charge in [-0.3, -0.25) is 0 Å². The molecule has 0 aliphatic carbocycles. The van der Waals surface area contributed by atoms with E-state index in [1.165, 1.54) is 43.2 Å². The quantitative estimate of drug-likeness (QED) is 0.302. The summed E-state index contributed by atoms with van der Waals surface area (Å²) in [5, 5.41) is 0. The second kappa shape index (κ2) is 8.29. The highest BCUT2D eigenvalue weighted by atomic mass is 33.1. The minimum absolute atomic E-state index is 0.900. The summed E-state index contributed by atoms with van der Waals surface area (Å²) >= 11 is 0. The van der Waals surface area contributed by atoms with Gasteiger partial charge < -0.3 is 0 Å². The molecule has 0 spiro atoms. The number of benzene rings is 2. The van der Waals surface area contributed by atoms with Crippen molar-refractivity contribution in [3.8, 4) is 11.1 Å². The number of aryl methyl sites for hydroxylation is 2. The Kier molecular flexibility index (Phi) is 5.36. The van der Waals surface area contributed by atoms with Crippen molar-refractivity contribution >= 4 is 21.6 Å². The second-order valence-electron chi connectivity index (χ2n) is 7.93. The van der Waals surface area contributed by atoms with E-state index < -0.39 is 0 Å². The van der Waals surface area contributed by atoms with E-state index in [2.05, 4.69) is 108 Å². The van der Waals surface area contributed by atoms with Crippen LogP contribution in [0.5, 0.6) is 0 Å². The van der Waals surface area contributed by atoms with Crippen LogP contribution in [0.4, 0.5) is 0 Å². The number of aromatic nitrogens is 2. The molecule has 0 atom stereocenters. The fraction of sp³-hybridized carbons (Fsp3) is 0.154. The van der Waals surface area contributed by atoms with Gasteiger partial charge in [0.05, 0.1) is 9.79 Å². The van der Waals surface area contributed by atoms with Crippen molar-refractivity contribution in [1.82, 2.24) is 0 Å². The van der Waals surface area contributed by atoms with Crippen molar-refractivity contribution in [2.75, 3.05) is 0 Å². The number of hydrogen-bond acceptors (Lipinski definition) is 2. The first-order valence-corrected chi connectivity index (χ1v) is 12.3. The molecule has 0 radical (unpaired) electrons. The summed E-state index contributed by atoms with van der Waals surface area (Å²) in [5.74, 6) is 0. The van der Waals surface area contributed by atoms with Crippen LogP contribution in [0.25, 0.3) is 11.1 Å². The topological polar surface area (TPSA) is 7.76 Å². The summed E-state index contributed by atoms with van der Waals surface area (Å²) in [7, 11) is 3.72. The lowest BCUT2D eigenvalue weighted by molar-refractivity contribution is -0.690. The summed E-state index contributed by atoms with van der Waals surface area (Å²) in [6.07, 6.45) is 8.96. The zero-order chi connectivity index (χ0) is 20.5. The standard InChI is InChI=1S/C26H24N2S2/c1-19-3-7-21(8-4-19)15-27-13-11-23-24-12-14-28(16-22-9-5-20(2)6-10-22)18-26(24)30-29-25(23)17-27/h3-14,17-18H,15-16H2,1-2H3/q+2. The summed E-state index contributed by atoms with van der Waals surface area (Å²) in [4.78, 5) is 2.66. The maximum atomic E-state index is 2.28. The van der Waals surface area contributed by atoms with Crippen molar-refractivity contribution in [2.45, 2.75) is 36.7 Å². The predicted octanol–water partition coefficient (Wildman–Crippen LogP) is 5.75. The van der Waals surface area contributed by atoms with E-state index in [0.717, 1.165) is 13.1 Å². The molecule has 30 heavy (non-hydrogen) atoms. The van der Waals surface area contributed by atoms with Crippen LogP contribution < -0.4 is 9.13 Å². The number of hydrogen-bond donors (Lipinski definition) is 0. The van der Waals surface area contributed by atoms with Crippen molar-refractivity contribution in [2.24, 2.45) is 0 Å². The van der Waals surface area contributed by atoms with Crippen LogP contribution in [0.2, 0.25) is 0 Å². The molecule has 2 aromatic heterocycles. The lowest BCUT2D eigenvalue weighted by Crippen LogP contribution is -2.34. The average Bonchev–Trinajstić information content (AvgIpc) is 2.76. The Balaban J connectivity index is 1.38. The van der Waals surface area contributed by atoms with Gasteiger partial charge in [-0.25, -0.2) is 0 Å². The van der Waals surface area contributed by atoms with E-state index in [1.54, 1.807) is 0 Å². The van der Waals surface area contributed by atoms with Crippen LogP contribution in [0.15, 0.2) is 95.2 Å². The molecule has 1 aliphatic rings. The van der Waals surface area contributed by atoms with Gasteiger partial charge in [-0.1, -0.05) is 59.7 Å². The first-order chi connectivity index (χ1) is 14.6. The van der Waals surface area contributed by atoms with Crippen LogP contribution in [0.1, 0.15) is 22.3 Å². The Labute approximate surface area is 186 Å². The maximum absolute atomic E-state index is 2.28. The monoisotopic (exact) mass is 428 g/mol. The molecular formula is C26H24N2S2+2. The lowest BCUT2D eigenvalue weighted by Gasteiger charge is -2.16. The number of fused-ring (bicyclic) bond motifs is 3. The molecule has 1 aliphatic heterocycles. The normalized spacial score (nSPS) is 12.3. The SMILES string of the molecule is Cc1ccc(C[n+]2ccc3c(c2)SSc2c[n+](Cc4ccc(C)cc4)ccc2-3)cc1. The summed E-state index contributed by atoms with van der Waals surface area (Å²) in [5.41, 5.74) is 7.93. The van der Waals surface area contributed by atoms with Crippen LogP contribution in [0, 0.1) is 13.8 Å². The average molecular weight is 429 g/mol. The molecule has 148 valence electrons. The molecule has 4 aromatic rings. The molecule has 0 N–H and O–H groups in total. The van der Waals surface area contributed by atoms with Crippen molar-refractivity contribution < 1.29 is 9.13 Å². The van der Waals surface area contributed by atoms with Gasteiger partial charge in [0, 0.05) is 34.4 Å². The Morgan fingerprint density at radius 2 is 0.967 bits per heavy atom. The largest absolute Gasteiger partial charge is 0.200 e. The van der Waals surface area contributed by atoms with Gasteiger partial charge in [0.1, 0.15) is 0 Å². The van der Waals surface area contributed by atoms with Gasteiger partial charge >= 0.3 is 0 Å². The zero-order valence-corrected chi connectivity index (χ0v) is 18.8. The number of rotatable bonds is 4. The van der Waals surface area contributed by atoms with Gasteiger partial charge in [0.2, 0.25) is 0 Å². The molecule has 0 unspecified atom stereocenters. The Hall–Kier alpha value is -2.56. The molecule has 3 heterocycles. The van der Waals surface area contributed by atoms with Crippen LogP contribution in [0.3, 0.4) is 0 Å². The molecule has 2 nitrogen and oxygen atoms in total. The fourth-order valence-electron chi connectivity index (χ4n) is 3.70. The van der Waals surface area contributed by atoms with E-state index in [9.17, 15) is 0 Å². The van der Waals surface area contributed by atoms with E-state index in [1.807, 2.05) is 21.6 Å². The van der Waals surface area contributed by atoms with Gasteiger partial charge in [0.15, 0.2) is 37.9 Å². The van der Waals surface area contributed by atoms with E-state index in [-0.39, 0.29) is 0 Å². The summed E-state index contributed by atoms with van der Waals surface area (Å²) in [6.45, 7) is 6.06. The first kappa shape index (κ1) is 19.4. The van der Waals surface area contributed by atoms with Gasteiger partial charge in [-0.15, -0.1) is 0 Å². The Morgan fingerprint density at radius 1 is 0.567 bits per heavy atom. The third-order valence-electron chi connectivity index (χ3n) is 5.45. The first-order valence-electron chi connectivity index (χ1n) is 10.2. The molecule has 0 fully saturated rings.